The molecule has 1 aromatic carbocycles. The fourth-order valence-corrected chi connectivity index (χ4v) is 2.35. The summed E-state index contributed by atoms with van der Waals surface area (Å²) in [6.45, 7) is 0. The molecule has 0 aliphatic rings. The standard InChI is InChI=1S/C11H7Cl2NS/c12-8-6-10(13)11(14-7-8)15-9-4-2-1-3-5-9/h1-7H. The Hall–Kier alpha value is -0.700. The smallest absolute Gasteiger partial charge is 0.119 e. The second-order valence-corrected chi connectivity index (χ2v) is 4.76. The number of hydrogen-bond acceptors (Lipinski definition) is 2. The zero-order valence-corrected chi connectivity index (χ0v) is 9.98. The van der Waals surface area contributed by atoms with Crippen LogP contribution in [0.25, 0.3) is 0 Å². The van der Waals surface area contributed by atoms with E-state index >= 15 is 0 Å². The number of halogens is 2. The van der Waals surface area contributed by atoms with Crippen molar-refractivity contribution in [2.24, 2.45) is 0 Å². The third-order valence-corrected chi connectivity index (χ3v) is 3.37. The van der Waals surface area contributed by atoms with Crippen molar-refractivity contribution in [3.05, 3.63) is 52.6 Å². The minimum Gasteiger partial charge on any atom is -0.246 e. The van der Waals surface area contributed by atoms with Gasteiger partial charge in [-0.25, -0.2) is 4.98 Å². The summed E-state index contributed by atoms with van der Waals surface area (Å²) in [4.78, 5) is 5.28. The van der Waals surface area contributed by atoms with Gasteiger partial charge in [0.1, 0.15) is 5.03 Å². The van der Waals surface area contributed by atoms with Gasteiger partial charge in [-0.15, -0.1) is 0 Å². The number of hydrogen-bond donors (Lipinski definition) is 0. The number of aromatic nitrogens is 1. The summed E-state index contributed by atoms with van der Waals surface area (Å²) in [5.41, 5.74) is 0. The SMILES string of the molecule is Clc1cnc(Sc2ccccc2)c(Cl)c1. The van der Waals surface area contributed by atoms with E-state index in [0.717, 1.165) is 9.92 Å². The first-order valence-electron chi connectivity index (χ1n) is 4.29. The molecular formula is C11H7Cl2NS. The van der Waals surface area contributed by atoms with Gasteiger partial charge in [-0.1, -0.05) is 53.2 Å². The highest BCUT2D eigenvalue weighted by atomic mass is 35.5. The highest BCUT2D eigenvalue weighted by molar-refractivity contribution is 7.99. The summed E-state index contributed by atoms with van der Waals surface area (Å²) in [6, 6.07) is 11.6. The monoisotopic (exact) mass is 255 g/mol. The number of benzene rings is 1. The van der Waals surface area contributed by atoms with E-state index in [9.17, 15) is 0 Å². The van der Waals surface area contributed by atoms with Crippen LogP contribution in [0.1, 0.15) is 0 Å². The quantitative estimate of drug-likeness (QED) is 0.782. The van der Waals surface area contributed by atoms with Gasteiger partial charge in [0.25, 0.3) is 0 Å². The van der Waals surface area contributed by atoms with E-state index in [4.69, 9.17) is 23.2 Å². The van der Waals surface area contributed by atoms with Gasteiger partial charge in [0.15, 0.2) is 0 Å². The minimum atomic E-state index is 0.553. The van der Waals surface area contributed by atoms with E-state index in [1.165, 1.54) is 11.8 Å². The number of rotatable bonds is 2. The molecule has 0 aliphatic heterocycles. The summed E-state index contributed by atoms with van der Waals surface area (Å²) in [5, 5.41) is 1.90. The van der Waals surface area contributed by atoms with E-state index in [1.807, 2.05) is 30.3 Å². The number of pyridine rings is 1. The lowest BCUT2D eigenvalue weighted by Gasteiger charge is -2.02. The van der Waals surface area contributed by atoms with Gasteiger partial charge >= 0.3 is 0 Å². The predicted octanol–water partition coefficient (Wildman–Crippen LogP) is 4.54. The Morgan fingerprint density at radius 2 is 1.80 bits per heavy atom. The molecule has 1 heterocycles. The highest BCUT2D eigenvalue weighted by Crippen LogP contribution is 2.32. The molecule has 2 rings (SSSR count). The molecule has 0 saturated carbocycles. The first kappa shape index (κ1) is 10.8. The lowest BCUT2D eigenvalue weighted by Crippen LogP contribution is -1.81. The largest absolute Gasteiger partial charge is 0.246 e. The Kier molecular flexibility index (Phi) is 3.52. The Morgan fingerprint density at radius 1 is 1.07 bits per heavy atom. The fourth-order valence-electron chi connectivity index (χ4n) is 1.08. The Morgan fingerprint density at radius 3 is 2.47 bits per heavy atom. The van der Waals surface area contributed by atoms with E-state index in [1.54, 1.807) is 12.3 Å². The van der Waals surface area contributed by atoms with Crippen molar-refractivity contribution in [2.45, 2.75) is 9.92 Å². The van der Waals surface area contributed by atoms with Gasteiger partial charge in [0, 0.05) is 11.1 Å². The molecule has 15 heavy (non-hydrogen) atoms. The van der Waals surface area contributed by atoms with E-state index < -0.39 is 0 Å². The minimum absolute atomic E-state index is 0.553. The summed E-state index contributed by atoms with van der Waals surface area (Å²) < 4.78 is 0. The van der Waals surface area contributed by atoms with Crippen molar-refractivity contribution < 1.29 is 0 Å². The van der Waals surface area contributed by atoms with E-state index in [0.29, 0.717) is 10.0 Å². The normalized spacial score (nSPS) is 10.3. The van der Waals surface area contributed by atoms with Crippen LogP contribution in [-0.2, 0) is 0 Å². The zero-order valence-electron chi connectivity index (χ0n) is 7.65. The van der Waals surface area contributed by atoms with Crippen LogP contribution in [0.4, 0.5) is 0 Å². The molecule has 1 nitrogen and oxygen atoms in total. The lowest BCUT2D eigenvalue weighted by atomic mass is 10.4. The molecule has 0 N–H and O–H groups in total. The average molecular weight is 256 g/mol. The maximum absolute atomic E-state index is 6.01. The first-order chi connectivity index (χ1) is 7.25. The molecule has 0 bridgehead atoms. The highest BCUT2D eigenvalue weighted by Gasteiger charge is 2.04. The summed E-state index contributed by atoms with van der Waals surface area (Å²) in [5.74, 6) is 0. The van der Waals surface area contributed by atoms with Crippen LogP contribution >= 0.6 is 35.0 Å². The van der Waals surface area contributed by atoms with Crippen molar-refractivity contribution in [1.29, 1.82) is 0 Å². The first-order valence-corrected chi connectivity index (χ1v) is 5.87. The van der Waals surface area contributed by atoms with Gasteiger partial charge in [0.05, 0.1) is 10.0 Å². The molecular weight excluding hydrogens is 249 g/mol. The van der Waals surface area contributed by atoms with Crippen LogP contribution in [0.15, 0.2) is 52.5 Å². The predicted molar refractivity (Wildman–Crippen MR) is 64.8 cm³/mol. The zero-order chi connectivity index (χ0) is 10.7. The molecule has 4 heteroatoms. The maximum atomic E-state index is 6.01. The van der Waals surface area contributed by atoms with Crippen molar-refractivity contribution >= 4 is 35.0 Å². The third kappa shape index (κ3) is 2.88. The van der Waals surface area contributed by atoms with Crippen LogP contribution in [0.2, 0.25) is 10.0 Å². The van der Waals surface area contributed by atoms with E-state index in [2.05, 4.69) is 4.98 Å². The average Bonchev–Trinajstić information content (AvgIpc) is 2.24. The van der Waals surface area contributed by atoms with Gasteiger partial charge < -0.3 is 0 Å². The molecule has 76 valence electrons. The third-order valence-electron chi connectivity index (χ3n) is 1.73. The molecule has 0 radical (unpaired) electrons. The van der Waals surface area contributed by atoms with Crippen LogP contribution in [0, 0.1) is 0 Å². The second-order valence-electron chi connectivity index (χ2n) is 2.86. The van der Waals surface area contributed by atoms with Crippen LogP contribution in [0.3, 0.4) is 0 Å². The molecule has 0 fully saturated rings. The van der Waals surface area contributed by atoms with Crippen molar-refractivity contribution in [3.8, 4) is 0 Å². The van der Waals surface area contributed by atoms with Crippen molar-refractivity contribution in [1.82, 2.24) is 4.98 Å². The van der Waals surface area contributed by atoms with Crippen molar-refractivity contribution in [3.63, 3.8) is 0 Å². The number of nitrogens with zero attached hydrogens (tertiary/aromatic N) is 1. The van der Waals surface area contributed by atoms with E-state index in [-0.39, 0.29) is 0 Å². The van der Waals surface area contributed by atoms with Crippen molar-refractivity contribution in [2.75, 3.05) is 0 Å². The fraction of sp³-hybridized carbons (Fsp3) is 0. The second kappa shape index (κ2) is 4.88. The molecule has 0 unspecified atom stereocenters. The molecule has 2 aromatic rings. The molecule has 0 spiro atoms. The Labute approximate surface area is 102 Å². The maximum Gasteiger partial charge on any atom is 0.119 e. The topological polar surface area (TPSA) is 12.9 Å². The molecule has 0 amide bonds. The summed E-state index contributed by atoms with van der Waals surface area (Å²) in [7, 11) is 0. The lowest BCUT2D eigenvalue weighted by molar-refractivity contribution is 1.13. The van der Waals surface area contributed by atoms with Gasteiger partial charge in [-0.2, -0.15) is 0 Å². The van der Waals surface area contributed by atoms with Gasteiger partial charge in [-0.05, 0) is 18.2 Å². The Balaban J connectivity index is 2.25. The Bertz CT molecular complexity index is 459. The van der Waals surface area contributed by atoms with Crippen LogP contribution < -0.4 is 0 Å². The summed E-state index contributed by atoms with van der Waals surface area (Å²) >= 11 is 13.3. The van der Waals surface area contributed by atoms with Crippen LogP contribution in [0.5, 0.6) is 0 Å². The molecule has 0 atom stereocenters. The molecule has 0 saturated heterocycles. The van der Waals surface area contributed by atoms with Gasteiger partial charge in [0.2, 0.25) is 0 Å². The molecule has 0 aliphatic carbocycles. The molecule has 1 aromatic heterocycles. The van der Waals surface area contributed by atoms with Crippen LogP contribution in [-0.4, -0.2) is 4.98 Å². The van der Waals surface area contributed by atoms with Gasteiger partial charge in [-0.3, -0.25) is 0 Å². The summed E-state index contributed by atoms with van der Waals surface area (Å²) in [6.07, 6.45) is 1.60.